The molecule has 0 saturated carbocycles. The normalized spacial score (nSPS) is 20.0. The zero-order chi connectivity index (χ0) is 29.1. The number of benzene rings is 3. The van der Waals surface area contributed by atoms with Gasteiger partial charge >= 0.3 is 0 Å². The van der Waals surface area contributed by atoms with E-state index in [4.69, 9.17) is 18.9 Å². The van der Waals surface area contributed by atoms with Crippen molar-refractivity contribution in [3.05, 3.63) is 89.5 Å². The summed E-state index contributed by atoms with van der Waals surface area (Å²) in [5.74, 6) is 1.96. The monoisotopic (exact) mass is 573 g/mol. The number of ether oxygens (including phenoxy) is 4. The molecule has 0 unspecified atom stereocenters. The largest absolute Gasteiger partial charge is 0.497 e. The minimum atomic E-state index is -0.0352. The molecule has 224 valence electrons. The number of fused-ring (bicyclic) bond motifs is 1. The molecule has 0 aliphatic carbocycles. The summed E-state index contributed by atoms with van der Waals surface area (Å²) in [6, 6.07) is 24.3. The van der Waals surface area contributed by atoms with E-state index >= 15 is 0 Å². The Labute approximate surface area is 249 Å². The Hall–Kier alpha value is -3.59. The molecular formula is C34H43N3O5. The Balaban J connectivity index is 1.22. The topological polar surface area (TPSA) is 81.3 Å². The summed E-state index contributed by atoms with van der Waals surface area (Å²) in [7, 11) is 3.43. The van der Waals surface area contributed by atoms with E-state index in [9.17, 15) is 4.79 Å². The Morgan fingerprint density at radius 1 is 1.07 bits per heavy atom. The first kappa shape index (κ1) is 29.9. The summed E-state index contributed by atoms with van der Waals surface area (Å²) < 4.78 is 23.2. The number of carbonyl (C=O) groups is 1. The van der Waals surface area contributed by atoms with E-state index in [0.29, 0.717) is 25.3 Å². The average molecular weight is 574 g/mol. The summed E-state index contributed by atoms with van der Waals surface area (Å²) in [6.45, 7) is 5.14. The number of anilines is 1. The molecule has 8 heteroatoms. The van der Waals surface area contributed by atoms with Gasteiger partial charge in [0.05, 0.1) is 32.1 Å². The highest BCUT2D eigenvalue weighted by Gasteiger charge is 2.32. The van der Waals surface area contributed by atoms with E-state index in [2.05, 4.69) is 45.9 Å². The Morgan fingerprint density at radius 2 is 1.90 bits per heavy atom. The number of methoxy groups -OCH3 is 2. The highest BCUT2D eigenvalue weighted by molar-refractivity contribution is 5.94. The van der Waals surface area contributed by atoms with Crippen molar-refractivity contribution >= 4 is 11.6 Å². The van der Waals surface area contributed by atoms with E-state index in [1.54, 1.807) is 14.2 Å². The van der Waals surface area contributed by atoms with Crippen molar-refractivity contribution in [3.8, 4) is 11.5 Å². The Kier molecular flexibility index (Phi) is 10.7. The molecule has 3 atom stereocenters. The van der Waals surface area contributed by atoms with Crippen LogP contribution < -0.4 is 25.0 Å². The molecule has 1 saturated heterocycles. The van der Waals surface area contributed by atoms with Gasteiger partial charge in [-0.1, -0.05) is 36.4 Å². The van der Waals surface area contributed by atoms with Crippen molar-refractivity contribution < 1.29 is 23.7 Å². The quantitative estimate of drug-likeness (QED) is 0.285. The van der Waals surface area contributed by atoms with Crippen LogP contribution in [-0.2, 0) is 16.1 Å². The summed E-state index contributed by atoms with van der Waals surface area (Å²) in [5.41, 5.74) is 4.19. The van der Waals surface area contributed by atoms with Crippen molar-refractivity contribution in [1.82, 2.24) is 10.6 Å². The number of nitrogens with zero attached hydrogens (tertiary/aromatic N) is 1. The number of nitrogens with one attached hydrogen (secondary N) is 2. The number of piperidine rings is 1. The number of hydrogen-bond acceptors (Lipinski definition) is 7. The van der Waals surface area contributed by atoms with Crippen LogP contribution in [0.1, 0.15) is 46.7 Å². The molecule has 0 spiro atoms. The van der Waals surface area contributed by atoms with E-state index in [1.165, 1.54) is 5.56 Å². The van der Waals surface area contributed by atoms with Crippen LogP contribution in [0.2, 0.25) is 0 Å². The van der Waals surface area contributed by atoms with Crippen LogP contribution >= 0.6 is 0 Å². The van der Waals surface area contributed by atoms with Gasteiger partial charge in [-0.2, -0.15) is 0 Å². The first-order valence-corrected chi connectivity index (χ1v) is 15.0. The lowest BCUT2D eigenvalue weighted by molar-refractivity contribution is 0.00230. The highest BCUT2D eigenvalue weighted by atomic mass is 16.5. The number of hydrogen-bond donors (Lipinski definition) is 2. The third-order valence-electron chi connectivity index (χ3n) is 8.18. The lowest BCUT2D eigenvalue weighted by Gasteiger charge is -2.37. The predicted octanol–water partition coefficient (Wildman–Crippen LogP) is 4.78. The first-order valence-electron chi connectivity index (χ1n) is 15.0. The lowest BCUT2D eigenvalue weighted by Crippen LogP contribution is -2.48. The zero-order valence-corrected chi connectivity index (χ0v) is 24.7. The molecule has 42 heavy (non-hydrogen) atoms. The molecule has 0 radical (unpaired) electrons. The smallest absolute Gasteiger partial charge is 0.251 e. The van der Waals surface area contributed by atoms with Crippen molar-refractivity contribution in [2.24, 2.45) is 0 Å². The molecule has 8 nitrogen and oxygen atoms in total. The van der Waals surface area contributed by atoms with Gasteiger partial charge in [0.15, 0.2) is 0 Å². The lowest BCUT2D eigenvalue weighted by atomic mass is 9.83. The van der Waals surface area contributed by atoms with Crippen LogP contribution in [0.3, 0.4) is 0 Å². The van der Waals surface area contributed by atoms with Gasteiger partial charge in [-0.3, -0.25) is 4.79 Å². The molecule has 1 fully saturated rings. The van der Waals surface area contributed by atoms with Crippen LogP contribution in [0.15, 0.2) is 72.8 Å². The minimum Gasteiger partial charge on any atom is -0.497 e. The molecule has 1 amide bonds. The molecule has 3 aromatic rings. The SMILES string of the molecule is COCCCN1CCOc2ccc(CO[C@H]3CN[C@H](CCNC(=O)c4ccccc4)C[C@@H]3c3ccc(OC)cc3)cc21. The average Bonchev–Trinajstić information content (AvgIpc) is 3.04. The van der Waals surface area contributed by atoms with Crippen LogP contribution in [0.4, 0.5) is 5.69 Å². The van der Waals surface area contributed by atoms with Gasteiger partial charge in [-0.05, 0) is 66.8 Å². The number of rotatable bonds is 13. The maximum Gasteiger partial charge on any atom is 0.251 e. The number of amides is 1. The fourth-order valence-electron chi connectivity index (χ4n) is 5.86. The van der Waals surface area contributed by atoms with Crippen molar-refractivity contribution in [2.75, 3.05) is 58.5 Å². The molecule has 2 N–H and O–H groups in total. The third kappa shape index (κ3) is 7.82. The zero-order valence-electron chi connectivity index (χ0n) is 24.7. The first-order chi connectivity index (χ1) is 20.6. The van der Waals surface area contributed by atoms with Crippen LogP contribution in [0.25, 0.3) is 0 Å². The van der Waals surface area contributed by atoms with Crippen molar-refractivity contribution in [2.45, 2.75) is 43.9 Å². The van der Waals surface area contributed by atoms with Crippen LogP contribution in [0, 0.1) is 0 Å². The second-order valence-corrected chi connectivity index (χ2v) is 11.0. The summed E-state index contributed by atoms with van der Waals surface area (Å²) in [4.78, 5) is 14.9. The predicted molar refractivity (Wildman–Crippen MR) is 165 cm³/mol. The molecule has 5 rings (SSSR count). The second-order valence-electron chi connectivity index (χ2n) is 11.0. The van der Waals surface area contributed by atoms with E-state index in [-0.39, 0.29) is 24.0 Å². The fraction of sp³-hybridized carbons (Fsp3) is 0.441. The van der Waals surface area contributed by atoms with Crippen molar-refractivity contribution in [1.29, 1.82) is 0 Å². The van der Waals surface area contributed by atoms with Gasteiger partial charge in [0.2, 0.25) is 0 Å². The highest BCUT2D eigenvalue weighted by Crippen LogP contribution is 2.35. The summed E-state index contributed by atoms with van der Waals surface area (Å²) >= 11 is 0. The summed E-state index contributed by atoms with van der Waals surface area (Å²) in [6.07, 6.45) is 2.76. The molecule has 2 aliphatic rings. The van der Waals surface area contributed by atoms with Gasteiger partial charge < -0.3 is 34.5 Å². The molecule has 2 aliphatic heterocycles. The molecule has 0 bridgehead atoms. The van der Waals surface area contributed by atoms with Gasteiger partial charge in [0.1, 0.15) is 18.1 Å². The summed E-state index contributed by atoms with van der Waals surface area (Å²) in [5, 5.41) is 6.76. The van der Waals surface area contributed by atoms with Gasteiger partial charge in [-0.15, -0.1) is 0 Å². The van der Waals surface area contributed by atoms with Crippen LogP contribution in [0.5, 0.6) is 11.5 Å². The Bertz CT molecular complexity index is 1270. The third-order valence-corrected chi connectivity index (χ3v) is 8.18. The molecule has 0 aromatic heterocycles. The molecule has 2 heterocycles. The van der Waals surface area contributed by atoms with Gasteiger partial charge in [-0.25, -0.2) is 0 Å². The van der Waals surface area contributed by atoms with E-state index < -0.39 is 0 Å². The Morgan fingerprint density at radius 3 is 2.69 bits per heavy atom. The van der Waals surface area contributed by atoms with Gasteiger partial charge in [0.25, 0.3) is 5.91 Å². The fourth-order valence-corrected chi connectivity index (χ4v) is 5.86. The van der Waals surface area contributed by atoms with E-state index in [0.717, 1.165) is 68.3 Å². The second kappa shape index (κ2) is 15.0. The van der Waals surface area contributed by atoms with E-state index in [1.807, 2.05) is 42.5 Å². The van der Waals surface area contributed by atoms with Crippen LogP contribution in [-0.4, -0.2) is 71.7 Å². The van der Waals surface area contributed by atoms with Crippen molar-refractivity contribution in [3.63, 3.8) is 0 Å². The molecular weight excluding hydrogens is 530 g/mol. The molecule has 3 aromatic carbocycles. The van der Waals surface area contributed by atoms with Gasteiger partial charge in [0, 0.05) is 50.9 Å². The maximum absolute atomic E-state index is 12.5. The number of carbonyl (C=O) groups excluding carboxylic acids is 1. The maximum atomic E-state index is 12.5. The minimum absolute atomic E-state index is 0.0126. The standard InChI is InChI=1S/C34H43N3O5/c1-39-19-6-17-37-18-20-41-32-14-9-25(21-31(32)37)24-42-33-23-36-28(15-16-35-34(38)27-7-4-3-5-8-27)22-30(33)26-10-12-29(40-2)13-11-26/h3-5,7-14,21,28,30,33,36H,6,15-20,22-24H2,1-2H3,(H,35,38)/t28-,30-,33+/m1/s1.